The van der Waals surface area contributed by atoms with Crippen molar-refractivity contribution in [1.29, 1.82) is 0 Å². The Morgan fingerprint density at radius 1 is 1.36 bits per heavy atom. The standard InChI is InChI=1S/C22H26N2O/c1-6-10-21(20(7-2)17-25)16-24(5)22-13-8-11-19(15-22)12-9-14-23-18(3)4/h6-15,17H,1,3,16H2,2,4-5H3/b12-9-,20-7-,21-10-,23-14?. The number of rotatable bonds is 9. The van der Waals surface area contributed by atoms with E-state index >= 15 is 0 Å². The van der Waals surface area contributed by atoms with E-state index in [9.17, 15) is 4.79 Å². The van der Waals surface area contributed by atoms with Gasteiger partial charge in [0.25, 0.3) is 0 Å². The molecule has 0 bridgehead atoms. The van der Waals surface area contributed by atoms with Crippen molar-refractivity contribution in [3.05, 3.63) is 84.1 Å². The molecule has 0 aliphatic heterocycles. The monoisotopic (exact) mass is 334 g/mol. The lowest BCUT2D eigenvalue weighted by molar-refractivity contribution is -0.104. The summed E-state index contributed by atoms with van der Waals surface area (Å²) in [5.74, 6) is 0. The lowest BCUT2D eigenvalue weighted by Crippen LogP contribution is -2.21. The molecule has 1 aromatic carbocycles. The molecule has 0 aliphatic carbocycles. The summed E-state index contributed by atoms with van der Waals surface area (Å²) in [4.78, 5) is 17.5. The minimum Gasteiger partial charge on any atom is -0.370 e. The molecule has 0 aromatic heterocycles. The molecule has 1 aromatic rings. The molecule has 0 saturated heterocycles. The second-order valence-corrected chi connectivity index (χ2v) is 5.61. The number of carbonyl (C=O) groups is 1. The predicted octanol–water partition coefficient (Wildman–Crippen LogP) is 5.00. The van der Waals surface area contributed by atoms with E-state index < -0.39 is 0 Å². The molecule has 3 heteroatoms. The lowest BCUT2D eigenvalue weighted by Gasteiger charge is -2.21. The normalized spacial score (nSPS) is 12.6. The van der Waals surface area contributed by atoms with Gasteiger partial charge in [-0.05, 0) is 43.2 Å². The first-order valence-electron chi connectivity index (χ1n) is 8.12. The molecule has 0 radical (unpaired) electrons. The van der Waals surface area contributed by atoms with Crippen LogP contribution in [0.3, 0.4) is 0 Å². The summed E-state index contributed by atoms with van der Waals surface area (Å²) in [5, 5.41) is 0. The Kier molecular flexibility index (Phi) is 8.66. The van der Waals surface area contributed by atoms with Crippen molar-refractivity contribution in [3.63, 3.8) is 0 Å². The molecule has 0 heterocycles. The van der Waals surface area contributed by atoms with Gasteiger partial charge in [0.1, 0.15) is 6.29 Å². The first-order chi connectivity index (χ1) is 12.0. The highest BCUT2D eigenvalue weighted by atomic mass is 16.1. The number of allylic oxidation sites excluding steroid dienone is 5. The van der Waals surface area contributed by atoms with Gasteiger partial charge in [0, 0.05) is 36.8 Å². The number of aliphatic imine (C=N–C) groups is 1. The van der Waals surface area contributed by atoms with Gasteiger partial charge in [0.05, 0.1) is 0 Å². The second kappa shape index (κ2) is 10.8. The molecular formula is C22H26N2O. The van der Waals surface area contributed by atoms with Gasteiger partial charge in [-0.25, -0.2) is 0 Å². The van der Waals surface area contributed by atoms with E-state index in [1.807, 2.05) is 63.4 Å². The van der Waals surface area contributed by atoms with E-state index in [-0.39, 0.29) is 0 Å². The maximum absolute atomic E-state index is 11.2. The number of nitrogens with zero attached hydrogens (tertiary/aromatic N) is 2. The van der Waals surface area contributed by atoms with Gasteiger partial charge in [-0.2, -0.15) is 0 Å². The molecule has 0 fully saturated rings. The number of aldehydes is 1. The summed E-state index contributed by atoms with van der Waals surface area (Å²) in [5.41, 5.74) is 4.53. The lowest BCUT2D eigenvalue weighted by atomic mass is 10.1. The van der Waals surface area contributed by atoms with E-state index in [1.165, 1.54) is 0 Å². The zero-order valence-electron chi connectivity index (χ0n) is 15.3. The van der Waals surface area contributed by atoms with Gasteiger partial charge in [0.2, 0.25) is 0 Å². The molecule has 0 saturated carbocycles. The fourth-order valence-corrected chi connectivity index (χ4v) is 2.25. The van der Waals surface area contributed by atoms with E-state index in [2.05, 4.69) is 29.1 Å². The Labute approximate surface area is 151 Å². The second-order valence-electron chi connectivity index (χ2n) is 5.61. The van der Waals surface area contributed by atoms with Gasteiger partial charge < -0.3 is 4.90 Å². The van der Waals surface area contributed by atoms with Crippen molar-refractivity contribution in [1.82, 2.24) is 0 Å². The minimum atomic E-state index is 0.620. The van der Waals surface area contributed by atoms with Crippen LogP contribution in [-0.2, 0) is 4.79 Å². The smallest absolute Gasteiger partial charge is 0.150 e. The molecule has 0 unspecified atom stereocenters. The first-order valence-corrected chi connectivity index (χ1v) is 8.12. The number of hydrogen-bond donors (Lipinski definition) is 0. The highest BCUT2D eigenvalue weighted by molar-refractivity contribution is 5.81. The molecule has 0 atom stereocenters. The maximum Gasteiger partial charge on any atom is 0.150 e. The molecule has 0 N–H and O–H groups in total. The number of hydrogen-bond acceptors (Lipinski definition) is 3. The van der Waals surface area contributed by atoms with Gasteiger partial charge in [-0.3, -0.25) is 9.79 Å². The Balaban J connectivity index is 2.95. The molecule has 130 valence electrons. The summed E-state index contributed by atoms with van der Waals surface area (Å²) < 4.78 is 0. The molecular weight excluding hydrogens is 308 g/mol. The molecule has 3 nitrogen and oxygen atoms in total. The summed E-state index contributed by atoms with van der Waals surface area (Å²) in [6, 6.07) is 8.17. The maximum atomic E-state index is 11.2. The van der Waals surface area contributed by atoms with Crippen LogP contribution in [0.2, 0.25) is 0 Å². The Hall–Kier alpha value is -2.94. The SMILES string of the molecule is C=C/C=C(CN(C)c1cccc(/C=C\C=NC(=C)C)c1)\C(C=O)=C/C. The van der Waals surface area contributed by atoms with Crippen LogP contribution < -0.4 is 4.90 Å². The van der Waals surface area contributed by atoms with Crippen molar-refractivity contribution >= 4 is 24.3 Å². The zero-order chi connectivity index (χ0) is 18.7. The molecule has 0 aliphatic rings. The van der Waals surface area contributed by atoms with Gasteiger partial charge in [0.15, 0.2) is 0 Å². The number of anilines is 1. The highest BCUT2D eigenvalue weighted by Gasteiger charge is 2.08. The summed E-state index contributed by atoms with van der Waals surface area (Å²) >= 11 is 0. The third-order valence-corrected chi connectivity index (χ3v) is 3.52. The molecule has 25 heavy (non-hydrogen) atoms. The Bertz CT molecular complexity index is 736. The Morgan fingerprint density at radius 3 is 2.72 bits per heavy atom. The molecule has 1 rings (SSSR count). The zero-order valence-corrected chi connectivity index (χ0v) is 15.3. The van der Waals surface area contributed by atoms with Crippen LogP contribution in [-0.4, -0.2) is 26.1 Å². The average molecular weight is 334 g/mol. The fourth-order valence-electron chi connectivity index (χ4n) is 2.25. The van der Waals surface area contributed by atoms with Crippen LogP contribution in [0.15, 0.2) is 83.6 Å². The molecule has 0 amide bonds. The topological polar surface area (TPSA) is 32.7 Å². The highest BCUT2D eigenvalue weighted by Crippen LogP contribution is 2.19. The van der Waals surface area contributed by atoms with E-state index in [4.69, 9.17) is 0 Å². The van der Waals surface area contributed by atoms with Crippen molar-refractivity contribution in [2.24, 2.45) is 4.99 Å². The van der Waals surface area contributed by atoms with E-state index in [0.717, 1.165) is 28.8 Å². The predicted molar refractivity (Wildman–Crippen MR) is 110 cm³/mol. The quantitative estimate of drug-likeness (QED) is 0.275. The van der Waals surface area contributed by atoms with Crippen molar-refractivity contribution in [2.45, 2.75) is 13.8 Å². The van der Waals surface area contributed by atoms with Crippen LogP contribution in [0.1, 0.15) is 19.4 Å². The number of likely N-dealkylation sites (N-methyl/N-ethyl adjacent to an activating group) is 1. The van der Waals surface area contributed by atoms with Crippen LogP contribution in [0.4, 0.5) is 5.69 Å². The number of benzene rings is 1. The van der Waals surface area contributed by atoms with Crippen molar-refractivity contribution in [3.8, 4) is 0 Å². The van der Waals surface area contributed by atoms with Crippen LogP contribution in [0.5, 0.6) is 0 Å². The van der Waals surface area contributed by atoms with Crippen molar-refractivity contribution < 1.29 is 4.79 Å². The van der Waals surface area contributed by atoms with Crippen molar-refractivity contribution in [2.75, 3.05) is 18.5 Å². The number of carbonyl (C=O) groups excluding carboxylic acids is 1. The summed E-state index contributed by atoms with van der Waals surface area (Å²) in [6.45, 7) is 11.8. The van der Waals surface area contributed by atoms with Gasteiger partial charge >= 0.3 is 0 Å². The Morgan fingerprint density at radius 2 is 2.12 bits per heavy atom. The van der Waals surface area contributed by atoms with E-state index in [1.54, 1.807) is 12.3 Å². The van der Waals surface area contributed by atoms with Gasteiger partial charge in [-0.1, -0.05) is 49.6 Å². The first kappa shape index (κ1) is 20.1. The summed E-state index contributed by atoms with van der Waals surface area (Å²) in [6.07, 6.45) is 11.9. The third-order valence-electron chi connectivity index (χ3n) is 3.52. The van der Waals surface area contributed by atoms with Gasteiger partial charge in [-0.15, -0.1) is 0 Å². The van der Waals surface area contributed by atoms with Crippen LogP contribution >= 0.6 is 0 Å². The van der Waals surface area contributed by atoms with Crippen LogP contribution in [0, 0.1) is 0 Å². The van der Waals surface area contributed by atoms with Crippen LogP contribution in [0.25, 0.3) is 6.08 Å². The summed E-state index contributed by atoms with van der Waals surface area (Å²) in [7, 11) is 2.00. The third kappa shape index (κ3) is 7.00. The fraction of sp³-hybridized carbons (Fsp3) is 0.182. The minimum absolute atomic E-state index is 0.620. The largest absolute Gasteiger partial charge is 0.370 e. The molecule has 0 spiro atoms. The average Bonchev–Trinajstić information content (AvgIpc) is 2.60. The van der Waals surface area contributed by atoms with E-state index in [0.29, 0.717) is 12.1 Å².